The predicted octanol–water partition coefficient (Wildman–Crippen LogP) is 3.09. The molecule has 0 radical (unpaired) electrons. The van der Waals surface area contributed by atoms with Crippen molar-refractivity contribution in [2.24, 2.45) is 0 Å². The van der Waals surface area contributed by atoms with Crippen molar-refractivity contribution in [3.05, 3.63) is 52.1 Å². The molecule has 1 aromatic carbocycles. The molecule has 0 bridgehead atoms. The molecule has 18 heavy (non-hydrogen) atoms. The summed E-state index contributed by atoms with van der Waals surface area (Å²) in [4.78, 5) is 13.7. The third kappa shape index (κ3) is 1.93. The monoisotopic (exact) mass is 258 g/mol. The van der Waals surface area contributed by atoms with Gasteiger partial charge in [-0.05, 0) is 42.6 Å². The van der Waals surface area contributed by atoms with Gasteiger partial charge in [-0.1, -0.05) is 24.3 Å². The highest BCUT2D eigenvalue weighted by atomic mass is 32.1. The number of aldehydes is 1. The number of hydrogen-bond donors (Lipinski definition) is 1. The Morgan fingerprint density at radius 2 is 2.11 bits per heavy atom. The van der Waals surface area contributed by atoms with Crippen LogP contribution in [0.5, 0.6) is 0 Å². The van der Waals surface area contributed by atoms with Crippen LogP contribution in [-0.4, -0.2) is 15.8 Å². The highest BCUT2D eigenvalue weighted by Crippen LogP contribution is 2.29. The Hall–Kier alpha value is -1.68. The van der Waals surface area contributed by atoms with Gasteiger partial charge in [-0.2, -0.15) is 0 Å². The van der Waals surface area contributed by atoms with Gasteiger partial charge in [-0.3, -0.25) is 4.79 Å². The Balaban J connectivity index is 1.94. The van der Waals surface area contributed by atoms with E-state index in [9.17, 15) is 4.79 Å². The lowest BCUT2D eigenvalue weighted by atomic mass is 9.88. The van der Waals surface area contributed by atoms with E-state index >= 15 is 0 Å². The van der Waals surface area contributed by atoms with Crippen LogP contribution in [0.25, 0.3) is 0 Å². The number of aromatic nitrogens is 2. The standard InChI is InChI=1S/C14H14N2OS/c17-9-12-8-16(14(18)15-12)13-6-5-10-3-1-2-4-11(10)7-13/h1-4,8-9,13H,5-7H2,(H,15,18). The first kappa shape index (κ1) is 11.4. The van der Waals surface area contributed by atoms with Crippen molar-refractivity contribution in [3.8, 4) is 0 Å². The Morgan fingerprint density at radius 3 is 2.83 bits per heavy atom. The van der Waals surface area contributed by atoms with Crippen molar-refractivity contribution in [2.45, 2.75) is 25.3 Å². The summed E-state index contributed by atoms with van der Waals surface area (Å²) in [5, 5.41) is 0. The van der Waals surface area contributed by atoms with E-state index in [1.807, 2.05) is 10.8 Å². The van der Waals surface area contributed by atoms with Gasteiger partial charge in [-0.25, -0.2) is 0 Å². The fourth-order valence-electron chi connectivity index (χ4n) is 2.68. The Bertz CT molecular complexity index is 641. The number of hydrogen-bond acceptors (Lipinski definition) is 2. The molecule has 3 rings (SSSR count). The molecule has 4 heteroatoms. The zero-order chi connectivity index (χ0) is 12.5. The van der Waals surface area contributed by atoms with Crippen LogP contribution in [0.2, 0.25) is 0 Å². The lowest BCUT2D eigenvalue weighted by Crippen LogP contribution is -2.18. The lowest BCUT2D eigenvalue weighted by Gasteiger charge is -2.25. The highest BCUT2D eigenvalue weighted by Gasteiger charge is 2.20. The largest absolute Gasteiger partial charge is 0.328 e. The minimum atomic E-state index is 0.359. The summed E-state index contributed by atoms with van der Waals surface area (Å²) in [5.41, 5.74) is 3.38. The second-order valence-corrected chi connectivity index (χ2v) is 5.09. The molecule has 0 aliphatic heterocycles. The van der Waals surface area contributed by atoms with Gasteiger partial charge in [0.05, 0.1) is 5.69 Å². The number of rotatable bonds is 2. The molecule has 2 aromatic rings. The van der Waals surface area contributed by atoms with Gasteiger partial charge in [0.25, 0.3) is 0 Å². The van der Waals surface area contributed by atoms with Crippen molar-refractivity contribution in [1.29, 1.82) is 0 Å². The number of carbonyl (C=O) groups is 1. The maximum Gasteiger partial charge on any atom is 0.177 e. The smallest absolute Gasteiger partial charge is 0.177 e. The van der Waals surface area contributed by atoms with E-state index in [1.165, 1.54) is 11.1 Å². The van der Waals surface area contributed by atoms with Crippen molar-refractivity contribution in [2.75, 3.05) is 0 Å². The summed E-state index contributed by atoms with van der Waals surface area (Å²) in [6, 6.07) is 8.90. The van der Waals surface area contributed by atoms with E-state index in [1.54, 1.807) is 0 Å². The normalized spacial score (nSPS) is 18.3. The third-order valence-electron chi connectivity index (χ3n) is 3.61. The average Bonchev–Trinajstić information content (AvgIpc) is 2.79. The van der Waals surface area contributed by atoms with Crippen LogP contribution in [0.1, 0.15) is 34.1 Å². The number of imidazole rings is 1. The molecule has 1 heterocycles. The van der Waals surface area contributed by atoms with Crippen LogP contribution >= 0.6 is 12.2 Å². The number of fused-ring (bicyclic) bond motifs is 1. The first-order valence-electron chi connectivity index (χ1n) is 6.11. The lowest BCUT2D eigenvalue weighted by molar-refractivity contribution is 0.111. The van der Waals surface area contributed by atoms with Crippen LogP contribution in [0.15, 0.2) is 30.5 Å². The Morgan fingerprint density at radius 1 is 1.33 bits per heavy atom. The molecular formula is C14H14N2OS. The first-order valence-corrected chi connectivity index (χ1v) is 6.52. The minimum Gasteiger partial charge on any atom is -0.328 e. The summed E-state index contributed by atoms with van der Waals surface area (Å²) < 4.78 is 2.66. The number of benzene rings is 1. The maximum atomic E-state index is 10.8. The van der Waals surface area contributed by atoms with Crippen LogP contribution in [0.3, 0.4) is 0 Å². The van der Waals surface area contributed by atoms with Gasteiger partial charge in [0.2, 0.25) is 0 Å². The third-order valence-corrected chi connectivity index (χ3v) is 3.92. The van der Waals surface area contributed by atoms with Gasteiger partial charge >= 0.3 is 0 Å². The number of aromatic amines is 1. The van der Waals surface area contributed by atoms with Crippen molar-refractivity contribution in [1.82, 2.24) is 9.55 Å². The van der Waals surface area contributed by atoms with Gasteiger partial charge in [-0.15, -0.1) is 0 Å². The topological polar surface area (TPSA) is 37.8 Å². The number of carbonyl (C=O) groups excluding carboxylic acids is 1. The van der Waals surface area contributed by atoms with Crippen molar-refractivity contribution < 1.29 is 4.79 Å². The molecule has 1 aromatic heterocycles. The van der Waals surface area contributed by atoms with E-state index in [0.29, 0.717) is 16.5 Å². The summed E-state index contributed by atoms with van der Waals surface area (Å²) in [5.74, 6) is 0. The van der Waals surface area contributed by atoms with Crippen LogP contribution in [0, 0.1) is 4.77 Å². The summed E-state index contributed by atoms with van der Waals surface area (Å²) in [6.45, 7) is 0. The zero-order valence-corrected chi connectivity index (χ0v) is 10.7. The zero-order valence-electron chi connectivity index (χ0n) is 9.93. The highest BCUT2D eigenvalue weighted by molar-refractivity contribution is 7.71. The first-order chi connectivity index (χ1) is 8.78. The van der Waals surface area contributed by atoms with E-state index in [0.717, 1.165) is 25.5 Å². The molecule has 0 amide bonds. The fraction of sp³-hybridized carbons (Fsp3) is 0.286. The average molecular weight is 258 g/mol. The van der Waals surface area contributed by atoms with Gasteiger partial charge in [0, 0.05) is 12.2 Å². The van der Waals surface area contributed by atoms with Crippen LogP contribution in [0.4, 0.5) is 0 Å². The van der Waals surface area contributed by atoms with Crippen LogP contribution in [-0.2, 0) is 12.8 Å². The quantitative estimate of drug-likeness (QED) is 0.664. The molecule has 1 N–H and O–H groups in total. The molecule has 0 spiro atoms. The molecule has 1 aliphatic carbocycles. The van der Waals surface area contributed by atoms with E-state index in [2.05, 4.69) is 29.2 Å². The van der Waals surface area contributed by atoms with Gasteiger partial charge in [0.15, 0.2) is 11.1 Å². The summed E-state index contributed by atoms with van der Waals surface area (Å²) in [6.07, 6.45) is 5.77. The van der Waals surface area contributed by atoms with Gasteiger partial charge < -0.3 is 9.55 Å². The van der Waals surface area contributed by atoms with Crippen LogP contribution < -0.4 is 0 Å². The predicted molar refractivity (Wildman–Crippen MR) is 72.5 cm³/mol. The molecule has 1 unspecified atom stereocenters. The maximum absolute atomic E-state index is 10.8. The summed E-state index contributed by atoms with van der Waals surface area (Å²) in [7, 11) is 0. The summed E-state index contributed by atoms with van der Waals surface area (Å²) >= 11 is 5.27. The Labute approximate surface area is 110 Å². The van der Waals surface area contributed by atoms with E-state index in [-0.39, 0.29) is 0 Å². The molecule has 0 saturated carbocycles. The molecule has 0 fully saturated rings. The minimum absolute atomic E-state index is 0.359. The molecule has 1 atom stereocenters. The molecule has 1 aliphatic rings. The number of nitrogens with zero attached hydrogens (tertiary/aromatic N) is 1. The van der Waals surface area contributed by atoms with Gasteiger partial charge in [0.1, 0.15) is 0 Å². The molecular weight excluding hydrogens is 244 g/mol. The number of aryl methyl sites for hydroxylation is 1. The fourth-order valence-corrected chi connectivity index (χ4v) is 3.00. The molecule has 92 valence electrons. The Kier molecular flexibility index (Phi) is 2.88. The van der Waals surface area contributed by atoms with E-state index in [4.69, 9.17) is 12.2 Å². The SMILES string of the molecule is O=Cc1cn(C2CCc3ccccc3C2)c(=S)[nH]1. The number of nitrogens with one attached hydrogen (secondary N) is 1. The molecule has 3 nitrogen and oxygen atoms in total. The van der Waals surface area contributed by atoms with Crippen molar-refractivity contribution in [3.63, 3.8) is 0 Å². The second-order valence-electron chi connectivity index (χ2n) is 4.71. The van der Waals surface area contributed by atoms with Crippen molar-refractivity contribution >= 4 is 18.5 Å². The number of H-pyrrole nitrogens is 1. The van der Waals surface area contributed by atoms with E-state index < -0.39 is 0 Å². The second kappa shape index (κ2) is 4.53. The molecule has 0 saturated heterocycles.